The number of carbonyl (C=O) groups excluding carboxylic acids is 2. The largest absolute Gasteiger partial charge is 0.349 e. The first-order chi connectivity index (χ1) is 11.5. The van der Waals surface area contributed by atoms with Crippen molar-refractivity contribution < 1.29 is 14.0 Å². The van der Waals surface area contributed by atoms with Gasteiger partial charge in [0, 0.05) is 5.69 Å². The van der Waals surface area contributed by atoms with Gasteiger partial charge in [-0.15, -0.1) is 0 Å². The van der Waals surface area contributed by atoms with Gasteiger partial charge in [0.2, 0.25) is 11.8 Å². The maximum atomic E-state index is 12.9. The molecule has 3 atom stereocenters. The molecule has 2 aromatic rings. The van der Waals surface area contributed by atoms with Crippen molar-refractivity contribution in [3.8, 4) is 0 Å². The fourth-order valence-electron chi connectivity index (χ4n) is 2.69. The number of hydrogen-bond acceptors (Lipinski definition) is 2. The summed E-state index contributed by atoms with van der Waals surface area (Å²) in [5, 5.41) is 5.66. The minimum Gasteiger partial charge on any atom is -0.349 e. The molecule has 4 nitrogen and oxygen atoms in total. The third kappa shape index (κ3) is 3.79. The summed E-state index contributed by atoms with van der Waals surface area (Å²) in [6.07, 6.45) is 0.542. The molecule has 0 saturated heterocycles. The highest BCUT2D eigenvalue weighted by Crippen LogP contribution is 2.40. The molecule has 124 valence electrons. The van der Waals surface area contributed by atoms with E-state index in [1.54, 1.807) is 0 Å². The van der Waals surface area contributed by atoms with Gasteiger partial charge in [0.15, 0.2) is 0 Å². The lowest BCUT2D eigenvalue weighted by atomic mass is 10.1. The number of amides is 2. The van der Waals surface area contributed by atoms with Gasteiger partial charge in [-0.1, -0.05) is 30.3 Å². The van der Waals surface area contributed by atoms with Crippen LogP contribution in [0.4, 0.5) is 10.1 Å². The first kappa shape index (κ1) is 16.2. The Balaban J connectivity index is 1.51. The second-order valence-electron chi connectivity index (χ2n) is 6.09. The molecule has 0 bridgehead atoms. The summed E-state index contributed by atoms with van der Waals surface area (Å²) < 4.78 is 12.9. The number of rotatable bonds is 5. The van der Waals surface area contributed by atoms with Crippen LogP contribution in [0.2, 0.25) is 0 Å². The molecule has 5 heteroatoms. The Labute approximate surface area is 140 Å². The summed E-state index contributed by atoms with van der Waals surface area (Å²) in [7, 11) is 0. The SMILES string of the molecule is CC(NC(=O)C1CC1C(=O)Nc1ccc(F)cc1)c1ccccc1. The molecule has 0 heterocycles. The molecule has 1 fully saturated rings. The molecule has 0 aromatic heterocycles. The van der Waals surface area contributed by atoms with Gasteiger partial charge in [0.1, 0.15) is 5.82 Å². The lowest BCUT2D eigenvalue weighted by Crippen LogP contribution is -2.29. The summed E-state index contributed by atoms with van der Waals surface area (Å²) in [6.45, 7) is 1.92. The minimum atomic E-state index is -0.355. The van der Waals surface area contributed by atoms with Gasteiger partial charge in [-0.05, 0) is 43.2 Å². The Morgan fingerprint density at radius 1 is 1.00 bits per heavy atom. The van der Waals surface area contributed by atoms with Crippen LogP contribution in [0, 0.1) is 17.7 Å². The summed E-state index contributed by atoms with van der Waals surface area (Å²) >= 11 is 0. The molecule has 0 aliphatic heterocycles. The lowest BCUT2D eigenvalue weighted by molar-refractivity contribution is -0.125. The number of halogens is 1. The van der Waals surface area contributed by atoms with E-state index < -0.39 is 0 Å². The predicted molar refractivity (Wildman–Crippen MR) is 89.6 cm³/mol. The molecular formula is C19H19FN2O2. The standard InChI is InChI=1S/C19H19FN2O2/c1-12(13-5-3-2-4-6-13)21-18(23)16-11-17(16)19(24)22-15-9-7-14(20)8-10-15/h2-10,12,16-17H,11H2,1H3,(H,21,23)(H,22,24). The zero-order valence-electron chi connectivity index (χ0n) is 13.3. The van der Waals surface area contributed by atoms with Crippen LogP contribution < -0.4 is 10.6 Å². The Morgan fingerprint density at radius 2 is 1.62 bits per heavy atom. The van der Waals surface area contributed by atoms with Gasteiger partial charge < -0.3 is 10.6 Å². The van der Waals surface area contributed by atoms with E-state index in [4.69, 9.17) is 0 Å². The van der Waals surface area contributed by atoms with Crippen molar-refractivity contribution in [3.05, 3.63) is 66.0 Å². The third-order valence-electron chi connectivity index (χ3n) is 4.23. The molecular weight excluding hydrogens is 307 g/mol. The van der Waals surface area contributed by atoms with E-state index >= 15 is 0 Å². The van der Waals surface area contributed by atoms with Gasteiger partial charge in [0.05, 0.1) is 17.9 Å². The van der Waals surface area contributed by atoms with E-state index in [-0.39, 0.29) is 35.5 Å². The van der Waals surface area contributed by atoms with Gasteiger partial charge in [-0.25, -0.2) is 4.39 Å². The number of benzene rings is 2. The van der Waals surface area contributed by atoms with Crippen LogP contribution in [0.1, 0.15) is 24.9 Å². The number of anilines is 1. The zero-order valence-corrected chi connectivity index (χ0v) is 13.3. The average molecular weight is 326 g/mol. The Bertz CT molecular complexity index is 731. The molecule has 0 radical (unpaired) electrons. The molecule has 1 saturated carbocycles. The monoisotopic (exact) mass is 326 g/mol. The topological polar surface area (TPSA) is 58.2 Å². The molecule has 1 aliphatic rings. The molecule has 3 rings (SSSR count). The van der Waals surface area contributed by atoms with Crippen LogP contribution in [-0.4, -0.2) is 11.8 Å². The fourth-order valence-corrected chi connectivity index (χ4v) is 2.69. The normalized spacial score (nSPS) is 20.1. The smallest absolute Gasteiger partial charge is 0.228 e. The maximum absolute atomic E-state index is 12.9. The first-order valence-corrected chi connectivity index (χ1v) is 7.96. The van der Waals surface area contributed by atoms with Gasteiger partial charge in [-0.2, -0.15) is 0 Å². The summed E-state index contributed by atoms with van der Waals surface area (Å²) in [4.78, 5) is 24.4. The van der Waals surface area contributed by atoms with Crippen LogP contribution in [-0.2, 0) is 9.59 Å². The van der Waals surface area contributed by atoms with Crippen molar-refractivity contribution in [1.82, 2.24) is 5.32 Å². The molecule has 24 heavy (non-hydrogen) atoms. The van der Waals surface area contributed by atoms with E-state index in [1.807, 2.05) is 37.3 Å². The number of nitrogens with one attached hydrogen (secondary N) is 2. The highest BCUT2D eigenvalue weighted by molar-refractivity contribution is 5.99. The fraction of sp³-hybridized carbons (Fsp3) is 0.263. The first-order valence-electron chi connectivity index (χ1n) is 7.96. The Kier molecular flexibility index (Phi) is 4.60. The van der Waals surface area contributed by atoms with Crippen molar-refractivity contribution >= 4 is 17.5 Å². The van der Waals surface area contributed by atoms with Crippen LogP contribution in [0.3, 0.4) is 0 Å². The van der Waals surface area contributed by atoms with E-state index in [1.165, 1.54) is 24.3 Å². The van der Waals surface area contributed by atoms with Crippen molar-refractivity contribution in [2.45, 2.75) is 19.4 Å². The Morgan fingerprint density at radius 3 is 2.29 bits per heavy atom. The van der Waals surface area contributed by atoms with Crippen molar-refractivity contribution in [2.24, 2.45) is 11.8 Å². The summed E-state index contributed by atoms with van der Waals surface area (Å²) in [6, 6.07) is 15.2. The minimum absolute atomic E-state index is 0.0971. The second-order valence-corrected chi connectivity index (χ2v) is 6.09. The predicted octanol–water partition coefficient (Wildman–Crippen LogP) is 3.28. The van der Waals surface area contributed by atoms with Crippen molar-refractivity contribution in [2.75, 3.05) is 5.32 Å². The zero-order chi connectivity index (χ0) is 17.1. The summed E-state index contributed by atoms with van der Waals surface area (Å²) in [5.74, 6) is -1.28. The molecule has 1 aliphatic carbocycles. The van der Waals surface area contributed by atoms with Crippen LogP contribution >= 0.6 is 0 Å². The van der Waals surface area contributed by atoms with E-state index in [9.17, 15) is 14.0 Å². The Hall–Kier alpha value is -2.69. The molecule has 2 N–H and O–H groups in total. The highest BCUT2D eigenvalue weighted by Gasteiger charge is 2.48. The maximum Gasteiger partial charge on any atom is 0.228 e. The van der Waals surface area contributed by atoms with E-state index in [0.717, 1.165) is 5.56 Å². The highest BCUT2D eigenvalue weighted by atomic mass is 19.1. The number of carbonyl (C=O) groups is 2. The quantitative estimate of drug-likeness (QED) is 0.886. The second kappa shape index (κ2) is 6.83. The van der Waals surface area contributed by atoms with E-state index in [2.05, 4.69) is 10.6 Å². The van der Waals surface area contributed by atoms with Crippen LogP contribution in [0.25, 0.3) is 0 Å². The summed E-state index contributed by atoms with van der Waals surface area (Å²) in [5.41, 5.74) is 1.56. The van der Waals surface area contributed by atoms with Crippen molar-refractivity contribution in [1.29, 1.82) is 0 Å². The molecule has 2 aromatic carbocycles. The number of hydrogen-bond donors (Lipinski definition) is 2. The van der Waals surface area contributed by atoms with Crippen molar-refractivity contribution in [3.63, 3.8) is 0 Å². The molecule has 3 unspecified atom stereocenters. The third-order valence-corrected chi connectivity index (χ3v) is 4.23. The van der Waals surface area contributed by atoms with Gasteiger partial charge >= 0.3 is 0 Å². The van der Waals surface area contributed by atoms with Crippen LogP contribution in [0.5, 0.6) is 0 Å². The molecule has 2 amide bonds. The van der Waals surface area contributed by atoms with E-state index in [0.29, 0.717) is 12.1 Å². The molecule has 0 spiro atoms. The lowest BCUT2D eigenvalue weighted by Gasteiger charge is -2.14. The van der Waals surface area contributed by atoms with Gasteiger partial charge in [-0.3, -0.25) is 9.59 Å². The average Bonchev–Trinajstić information content (AvgIpc) is 3.38. The van der Waals surface area contributed by atoms with Crippen LogP contribution in [0.15, 0.2) is 54.6 Å². The van der Waals surface area contributed by atoms with Gasteiger partial charge in [0.25, 0.3) is 0 Å².